The first-order valence-corrected chi connectivity index (χ1v) is 7.80. The van der Waals surface area contributed by atoms with Gasteiger partial charge < -0.3 is 14.8 Å². The summed E-state index contributed by atoms with van der Waals surface area (Å²) in [6.45, 7) is 0.583. The van der Waals surface area contributed by atoms with Gasteiger partial charge in [0.15, 0.2) is 12.9 Å². The molecule has 5 nitrogen and oxygen atoms in total. The fourth-order valence-electron chi connectivity index (χ4n) is 1.81. The van der Waals surface area contributed by atoms with Crippen LogP contribution in [0.3, 0.4) is 0 Å². The van der Waals surface area contributed by atoms with E-state index in [1.54, 1.807) is 18.2 Å². The summed E-state index contributed by atoms with van der Waals surface area (Å²) in [6, 6.07) is 14.4. The number of carbonyl (C=O) groups is 2. The summed E-state index contributed by atoms with van der Waals surface area (Å²) in [5, 5.41) is 2.69. The molecule has 0 fully saturated rings. The molecule has 0 saturated heterocycles. The van der Waals surface area contributed by atoms with E-state index in [0.29, 0.717) is 30.8 Å². The summed E-state index contributed by atoms with van der Waals surface area (Å²) in [5.74, 6) is 0.851. The molecule has 2 aromatic rings. The molecule has 23 heavy (non-hydrogen) atoms. The van der Waals surface area contributed by atoms with Gasteiger partial charge in [-0.2, -0.15) is 0 Å². The molecule has 0 spiro atoms. The van der Waals surface area contributed by atoms with Crippen LogP contribution in [0.2, 0.25) is 0 Å². The molecule has 120 valence electrons. The lowest BCUT2D eigenvalue weighted by Crippen LogP contribution is -2.32. The maximum Gasteiger partial charge on any atom is 0.258 e. The van der Waals surface area contributed by atoms with E-state index in [1.165, 1.54) is 0 Å². The average molecular weight is 378 g/mol. The maximum absolute atomic E-state index is 11.7. The molecule has 0 aliphatic heterocycles. The Bertz CT molecular complexity index is 661. The zero-order valence-electron chi connectivity index (χ0n) is 12.3. The van der Waals surface area contributed by atoms with E-state index in [-0.39, 0.29) is 12.5 Å². The van der Waals surface area contributed by atoms with Crippen molar-refractivity contribution in [3.63, 3.8) is 0 Å². The fourth-order valence-corrected chi connectivity index (χ4v) is 2.19. The van der Waals surface area contributed by atoms with Crippen molar-refractivity contribution in [1.82, 2.24) is 5.32 Å². The molecule has 0 atom stereocenters. The summed E-state index contributed by atoms with van der Waals surface area (Å²) in [7, 11) is 0. The van der Waals surface area contributed by atoms with Crippen LogP contribution < -0.4 is 14.8 Å². The predicted molar refractivity (Wildman–Crippen MR) is 90.0 cm³/mol. The van der Waals surface area contributed by atoms with Gasteiger partial charge in [0.2, 0.25) is 0 Å². The summed E-state index contributed by atoms with van der Waals surface area (Å²) < 4.78 is 11.6. The van der Waals surface area contributed by atoms with Crippen molar-refractivity contribution in [2.24, 2.45) is 0 Å². The number of aldehydes is 1. The number of ether oxygens (including phenoxy) is 2. The number of rotatable bonds is 8. The van der Waals surface area contributed by atoms with Crippen LogP contribution in [-0.2, 0) is 4.79 Å². The van der Waals surface area contributed by atoms with Crippen LogP contribution in [0.15, 0.2) is 53.0 Å². The Morgan fingerprint density at radius 2 is 1.91 bits per heavy atom. The van der Waals surface area contributed by atoms with E-state index in [1.807, 2.05) is 30.3 Å². The topological polar surface area (TPSA) is 64.6 Å². The molecule has 0 aromatic heterocycles. The Morgan fingerprint density at radius 3 is 2.65 bits per heavy atom. The number of carbonyl (C=O) groups excluding carboxylic acids is 2. The smallest absolute Gasteiger partial charge is 0.258 e. The Hall–Kier alpha value is -2.34. The lowest BCUT2D eigenvalue weighted by Gasteiger charge is -2.10. The van der Waals surface area contributed by atoms with Crippen LogP contribution in [0, 0.1) is 0 Å². The highest BCUT2D eigenvalue weighted by Gasteiger charge is 2.07. The standard InChI is InChI=1S/C17H16BrNO4/c18-14-6-7-16(13(10-14)11-20)23-12-17(21)19-8-9-22-15-4-2-1-3-5-15/h1-7,10-11H,8-9,12H2,(H,19,21). The average Bonchev–Trinajstić information content (AvgIpc) is 2.58. The molecule has 2 rings (SSSR count). The minimum Gasteiger partial charge on any atom is -0.492 e. The third-order valence-electron chi connectivity index (χ3n) is 2.89. The van der Waals surface area contributed by atoms with Gasteiger partial charge >= 0.3 is 0 Å². The maximum atomic E-state index is 11.7. The minimum atomic E-state index is -0.276. The summed E-state index contributed by atoms with van der Waals surface area (Å²) in [5.41, 5.74) is 0.389. The van der Waals surface area contributed by atoms with E-state index in [0.717, 1.165) is 10.2 Å². The van der Waals surface area contributed by atoms with Crippen LogP contribution in [0.1, 0.15) is 10.4 Å². The number of amides is 1. The Balaban J connectivity index is 1.70. The lowest BCUT2D eigenvalue weighted by molar-refractivity contribution is -0.123. The van der Waals surface area contributed by atoms with Crippen molar-refractivity contribution in [3.05, 3.63) is 58.6 Å². The highest BCUT2D eigenvalue weighted by atomic mass is 79.9. The van der Waals surface area contributed by atoms with Gasteiger partial charge in [0, 0.05) is 4.47 Å². The van der Waals surface area contributed by atoms with Crippen LogP contribution in [-0.4, -0.2) is 32.0 Å². The van der Waals surface area contributed by atoms with E-state index in [9.17, 15) is 9.59 Å². The van der Waals surface area contributed by atoms with Gasteiger partial charge in [0.25, 0.3) is 5.91 Å². The molecule has 0 unspecified atom stereocenters. The highest BCUT2D eigenvalue weighted by molar-refractivity contribution is 9.10. The summed E-state index contributed by atoms with van der Waals surface area (Å²) >= 11 is 3.27. The molecule has 0 aliphatic carbocycles. The van der Waals surface area contributed by atoms with Gasteiger partial charge in [0.05, 0.1) is 12.1 Å². The van der Waals surface area contributed by atoms with E-state index in [4.69, 9.17) is 9.47 Å². The lowest BCUT2D eigenvalue weighted by atomic mass is 10.2. The van der Waals surface area contributed by atoms with Crippen LogP contribution in [0.25, 0.3) is 0 Å². The zero-order valence-corrected chi connectivity index (χ0v) is 13.9. The Kier molecular flexibility index (Phi) is 6.62. The fraction of sp³-hybridized carbons (Fsp3) is 0.176. The molecule has 1 N–H and O–H groups in total. The largest absolute Gasteiger partial charge is 0.492 e. The van der Waals surface area contributed by atoms with E-state index >= 15 is 0 Å². The van der Waals surface area contributed by atoms with Crippen molar-refractivity contribution in [1.29, 1.82) is 0 Å². The second-order valence-corrected chi connectivity index (χ2v) is 5.52. The van der Waals surface area contributed by atoms with Gasteiger partial charge in [-0.15, -0.1) is 0 Å². The Morgan fingerprint density at radius 1 is 1.13 bits per heavy atom. The predicted octanol–water partition coefficient (Wildman–Crippen LogP) is 2.84. The number of nitrogens with one attached hydrogen (secondary N) is 1. The van der Waals surface area contributed by atoms with Crippen molar-refractivity contribution in [3.8, 4) is 11.5 Å². The molecule has 2 aromatic carbocycles. The quantitative estimate of drug-likeness (QED) is 0.567. The molecule has 1 amide bonds. The molecular weight excluding hydrogens is 362 g/mol. The first-order valence-electron chi connectivity index (χ1n) is 7.01. The minimum absolute atomic E-state index is 0.159. The third kappa shape index (κ3) is 5.75. The molecular formula is C17H16BrNO4. The number of hydrogen-bond donors (Lipinski definition) is 1. The molecule has 0 saturated carbocycles. The monoisotopic (exact) mass is 377 g/mol. The van der Waals surface area contributed by atoms with Crippen molar-refractivity contribution in [2.75, 3.05) is 19.8 Å². The third-order valence-corrected chi connectivity index (χ3v) is 3.39. The van der Waals surface area contributed by atoms with Gasteiger partial charge in [-0.05, 0) is 30.3 Å². The number of halogens is 1. The molecule has 0 aliphatic rings. The molecule has 0 heterocycles. The van der Waals surface area contributed by atoms with Gasteiger partial charge in [-0.1, -0.05) is 34.1 Å². The van der Waals surface area contributed by atoms with Crippen molar-refractivity contribution < 1.29 is 19.1 Å². The highest BCUT2D eigenvalue weighted by Crippen LogP contribution is 2.21. The van der Waals surface area contributed by atoms with E-state index in [2.05, 4.69) is 21.2 Å². The van der Waals surface area contributed by atoms with Gasteiger partial charge in [-0.25, -0.2) is 0 Å². The molecule has 0 bridgehead atoms. The zero-order chi connectivity index (χ0) is 16.5. The van der Waals surface area contributed by atoms with Crippen LogP contribution in [0.4, 0.5) is 0 Å². The van der Waals surface area contributed by atoms with Crippen molar-refractivity contribution >= 4 is 28.1 Å². The SMILES string of the molecule is O=Cc1cc(Br)ccc1OCC(=O)NCCOc1ccccc1. The van der Waals surface area contributed by atoms with Crippen LogP contribution in [0.5, 0.6) is 11.5 Å². The normalized spacial score (nSPS) is 9.96. The van der Waals surface area contributed by atoms with Crippen LogP contribution >= 0.6 is 15.9 Å². The van der Waals surface area contributed by atoms with Gasteiger partial charge in [-0.3, -0.25) is 9.59 Å². The first kappa shape index (κ1) is 17.0. The first-order chi connectivity index (χ1) is 11.2. The molecule has 6 heteroatoms. The number of benzene rings is 2. The van der Waals surface area contributed by atoms with Gasteiger partial charge in [0.1, 0.15) is 18.1 Å². The second-order valence-electron chi connectivity index (χ2n) is 4.60. The Labute approximate surface area is 142 Å². The molecule has 0 radical (unpaired) electrons. The summed E-state index contributed by atoms with van der Waals surface area (Å²) in [4.78, 5) is 22.7. The van der Waals surface area contributed by atoms with Crippen molar-refractivity contribution in [2.45, 2.75) is 0 Å². The number of para-hydroxylation sites is 1. The number of hydrogen-bond acceptors (Lipinski definition) is 4. The summed E-state index contributed by atoms with van der Waals surface area (Å²) in [6.07, 6.45) is 0.686. The van der Waals surface area contributed by atoms with E-state index < -0.39 is 0 Å². The second kappa shape index (κ2) is 8.95.